The summed E-state index contributed by atoms with van der Waals surface area (Å²) < 4.78 is 0. The number of guanidine groups is 1. The third-order valence-electron chi connectivity index (χ3n) is 5.08. The Morgan fingerprint density at radius 3 is 2.68 bits per heavy atom. The number of piperidine rings is 1. The van der Waals surface area contributed by atoms with Gasteiger partial charge in [0.05, 0.1) is 6.54 Å². The Morgan fingerprint density at radius 2 is 2.00 bits per heavy atom. The van der Waals surface area contributed by atoms with Gasteiger partial charge in [0.25, 0.3) is 0 Å². The normalized spacial score (nSPS) is 15.6. The summed E-state index contributed by atoms with van der Waals surface area (Å²) in [6, 6.07) is 7.94. The molecule has 3 N–H and O–H groups in total. The van der Waals surface area contributed by atoms with Crippen molar-refractivity contribution in [3.05, 3.63) is 29.8 Å². The number of carbonyl (C=O) groups is 1. The van der Waals surface area contributed by atoms with E-state index >= 15 is 0 Å². The number of likely N-dealkylation sites (tertiary alicyclic amines) is 1. The molecule has 1 fully saturated rings. The molecule has 0 aromatic heterocycles. The molecule has 0 unspecified atom stereocenters. The van der Waals surface area contributed by atoms with Crippen LogP contribution in [0.1, 0.15) is 38.7 Å². The molecule has 6 nitrogen and oxygen atoms in total. The van der Waals surface area contributed by atoms with E-state index in [2.05, 4.69) is 45.8 Å². The molecule has 0 aliphatic carbocycles. The molecule has 28 heavy (non-hydrogen) atoms. The smallest absolute Gasteiger partial charge is 0.243 e. The predicted molar refractivity (Wildman–Crippen MR) is 129 cm³/mol. The lowest BCUT2D eigenvalue weighted by Gasteiger charge is -2.30. The van der Waals surface area contributed by atoms with E-state index < -0.39 is 0 Å². The summed E-state index contributed by atoms with van der Waals surface area (Å²) in [6.07, 6.45) is 4.65. The van der Waals surface area contributed by atoms with E-state index in [4.69, 9.17) is 0 Å². The molecule has 158 valence electrons. The minimum absolute atomic E-state index is 0. The van der Waals surface area contributed by atoms with Crippen LogP contribution in [0.15, 0.2) is 29.3 Å². The highest BCUT2D eigenvalue weighted by Crippen LogP contribution is 2.15. The SMILES string of the molecule is CCc1cccc(NC(=O)CNC(=NC)NCCCN2CCC(C)CC2)c1.I. The van der Waals surface area contributed by atoms with Crippen molar-refractivity contribution < 1.29 is 4.79 Å². The maximum Gasteiger partial charge on any atom is 0.243 e. The van der Waals surface area contributed by atoms with Gasteiger partial charge in [0, 0.05) is 19.3 Å². The summed E-state index contributed by atoms with van der Waals surface area (Å²) in [7, 11) is 1.73. The molecule has 1 saturated heterocycles. The number of anilines is 1. The standard InChI is InChI=1S/C21H35N5O.HI/c1-4-18-7-5-8-19(15-18)25-20(27)16-24-21(22-3)23-11-6-12-26-13-9-17(2)10-14-26;/h5,7-8,15,17H,4,6,9-14,16H2,1-3H3,(H,25,27)(H2,22,23,24);1H. The number of carbonyl (C=O) groups excluding carboxylic acids is 1. The number of amides is 1. The van der Waals surface area contributed by atoms with E-state index in [0.29, 0.717) is 5.96 Å². The number of hydrogen-bond acceptors (Lipinski definition) is 3. The second kappa shape index (κ2) is 13.8. The number of aryl methyl sites for hydroxylation is 1. The van der Waals surface area contributed by atoms with Gasteiger partial charge in [-0.05, 0) is 68.9 Å². The molecule has 0 atom stereocenters. The van der Waals surface area contributed by atoms with Crippen molar-refractivity contribution in [2.75, 3.05) is 45.1 Å². The molecule has 1 aromatic carbocycles. The molecule has 7 heteroatoms. The summed E-state index contributed by atoms with van der Waals surface area (Å²) >= 11 is 0. The van der Waals surface area contributed by atoms with E-state index in [0.717, 1.165) is 37.5 Å². The Balaban J connectivity index is 0.00000392. The van der Waals surface area contributed by atoms with Crippen LogP contribution in [0.5, 0.6) is 0 Å². The first-order valence-corrected chi connectivity index (χ1v) is 10.2. The minimum atomic E-state index is -0.0753. The van der Waals surface area contributed by atoms with Crippen molar-refractivity contribution in [1.29, 1.82) is 0 Å². The topological polar surface area (TPSA) is 68.8 Å². The molecule has 2 rings (SSSR count). The van der Waals surface area contributed by atoms with Crippen LogP contribution in [0.2, 0.25) is 0 Å². The Morgan fingerprint density at radius 1 is 1.25 bits per heavy atom. The van der Waals surface area contributed by atoms with Gasteiger partial charge in [-0.3, -0.25) is 9.79 Å². The molecule has 0 radical (unpaired) electrons. The summed E-state index contributed by atoms with van der Waals surface area (Å²) in [4.78, 5) is 18.9. The molecule has 0 saturated carbocycles. The third-order valence-corrected chi connectivity index (χ3v) is 5.08. The van der Waals surface area contributed by atoms with Crippen LogP contribution in [0.3, 0.4) is 0 Å². The number of nitrogens with zero attached hydrogens (tertiary/aromatic N) is 2. The van der Waals surface area contributed by atoms with E-state index in [1.54, 1.807) is 7.05 Å². The van der Waals surface area contributed by atoms with Crippen LogP contribution < -0.4 is 16.0 Å². The molecule has 1 amide bonds. The van der Waals surface area contributed by atoms with Crippen molar-refractivity contribution in [2.24, 2.45) is 10.9 Å². The van der Waals surface area contributed by atoms with E-state index in [1.165, 1.54) is 31.5 Å². The van der Waals surface area contributed by atoms with Crippen molar-refractivity contribution in [2.45, 2.75) is 39.5 Å². The monoisotopic (exact) mass is 501 g/mol. The summed E-state index contributed by atoms with van der Waals surface area (Å²) in [5.41, 5.74) is 2.04. The van der Waals surface area contributed by atoms with Gasteiger partial charge >= 0.3 is 0 Å². The quantitative estimate of drug-likeness (QED) is 0.222. The average molecular weight is 501 g/mol. The number of hydrogen-bond donors (Lipinski definition) is 3. The van der Waals surface area contributed by atoms with Crippen molar-refractivity contribution in [1.82, 2.24) is 15.5 Å². The van der Waals surface area contributed by atoms with Crippen LogP contribution in [-0.4, -0.2) is 56.5 Å². The number of aliphatic imine (C=N–C) groups is 1. The molecular formula is C21H36IN5O. The van der Waals surface area contributed by atoms with E-state index in [9.17, 15) is 4.79 Å². The van der Waals surface area contributed by atoms with Gasteiger partial charge in [-0.25, -0.2) is 0 Å². The lowest BCUT2D eigenvalue weighted by Crippen LogP contribution is -2.42. The van der Waals surface area contributed by atoms with Crippen LogP contribution in [-0.2, 0) is 11.2 Å². The Hall–Kier alpha value is -1.35. The number of rotatable bonds is 8. The van der Waals surface area contributed by atoms with Gasteiger partial charge in [0.2, 0.25) is 5.91 Å². The maximum absolute atomic E-state index is 12.1. The number of benzene rings is 1. The first-order valence-electron chi connectivity index (χ1n) is 10.2. The second-order valence-corrected chi connectivity index (χ2v) is 7.33. The summed E-state index contributed by atoms with van der Waals surface area (Å²) in [6.45, 7) is 9.03. The van der Waals surface area contributed by atoms with Crippen molar-refractivity contribution >= 4 is 41.5 Å². The van der Waals surface area contributed by atoms with Crippen LogP contribution in [0.4, 0.5) is 5.69 Å². The zero-order chi connectivity index (χ0) is 19.5. The van der Waals surface area contributed by atoms with Gasteiger partial charge in [-0.2, -0.15) is 0 Å². The molecule has 1 aromatic rings. The molecule has 1 heterocycles. The maximum atomic E-state index is 12.1. The van der Waals surface area contributed by atoms with Gasteiger partial charge in [0.15, 0.2) is 5.96 Å². The predicted octanol–water partition coefficient (Wildman–Crippen LogP) is 3.09. The van der Waals surface area contributed by atoms with Gasteiger partial charge < -0.3 is 20.9 Å². The van der Waals surface area contributed by atoms with Crippen LogP contribution in [0, 0.1) is 5.92 Å². The Kier molecular flexibility index (Phi) is 12.1. The van der Waals surface area contributed by atoms with E-state index in [-0.39, 0.29) is 36.4 Å². The third kappa shape index (κ3) is 9.23. The number of halogens is 1. The fourth-order valence-corrected chi connectivity index (χ4v) is 3.25. The zero-order valence-corrected chi connectivity index (χ0v) is 19.8. The van der Waals surface area contributed by atoms with Crippen molar-refractivity contribution in [3.63, 3.8) is 0 Å². The minimum Gasteiger partial charge on any atom is -0.356 e. The fourth-order valence-electron chi connectivity index (χ4n) is 3.25. The average Bonchev–Trinajstić information content (AvgIpc) is 2.69. The first kappa shape index (κ1) is 24.7. The zero-order valence-electron chi connectivity index (χ0n) is 17.5. The van der Waals surface area contributed by atoms with Crippen molar-refractivity contribution in [3.8, 4) is 0 Å². The van der Waals surface area contributed by atoms with E-state index in [1.807, 2.05) is 18.2 Å². The summed E-state index contributed by atoms with van der Waals surface area (Å²) in [5, 5.41) is 9.28. The molecule has 0 spiro atoms. The highest BCUT2D eigenvalue weighted by Gasteiger charge is 2.14. The molecular weight excluding hydrogens is 465 g/mol. The van der Waals surface area contributed by atoms with Crippen LogP contribution in [0.25, 0.3) is 0 Å². The fraction of sp³-hybridized carbons (Fsp3) is 0.619. The first-order chi connectivity index (χ1) is 13.1. The van der Waals surface area contributed by atoms with Crippen LogP contribution >= 0.6 is 24.0 Å². The molecule has 1 aliphatic rings. The highest BCUT2D eigenvalue weighted by atomic mass is 127. The lowest BCUT2D eigenvalue weighted by molar-refractivity contribution is -0.115. The van der Waals surface area contributed by atoms with Gasteiger partial charge in [-0.1, -0.05) is 26.0 Å². The molecule has 1 aliphatic heterocycles. The Bertz CT molecular complexity index is 615. The number of nitrogens with one attached hydrogen (secondary N) is 3. The highest BCUT2D eigenvalue weighted by molar-refractivity contribution is 14.0. The van der Waals surface area contributed by atoms with Gasteiger partial charge in [0.1, 0.15) is 0 Å². The summed E-state index contributed by atoms with van der Waals surface area (Å²) in [5.74, 6) is 1.46. The largest absolute Gasteiger partial charge is 0.356 e. The van der Waals surface area contributed by atoms with Gasteiger partial charge in [-0.15, -0.1) is 24.0 Å². The second-order valence-electron chi connectivity index (χ2n) is 7.33. The Labute approximate surface area is 187 Å². The molecule has 0 bridgehead atoms. The lowest BCUT2D eigenvalue weighted by atomic mass is 9.99.